The first-order chi connectivity index (χ1) is 9.65. The lowest BCUT2D eigenvalue weighted by molar-refractivity contribution is -0.384. The third-order valence-electron chi connectivity index (χ3n) is 2.69. The number of nitrogens with zero attached hydrogens (tertiary/aromatic N) is 3. The molecule has 1 heterocycles. The highest BCUT2D eigenvalue weighted by Gasteiger charge is 2.26. The third-order valence-corrected chi connectivity index (χ3v) is 2.69. The molecule has 1 aromatic heterocycles. The van der Waals surface area contributed by atoms with Gasteiger partial charge in [-0.2, -0.15) is 5.10 Å². The van der Waals surface area contributed by atoms with Crippen molar-refractivity contribution in [1.82, 2.24) is 15.1 Å². The second-order valence-electron chi connectivity index (χ2n) is 5.93. The van der Waals surface area contributed by atoms with Crippen LogP contribution in [0.5, 0.6) is 0 Å². The van der Waals surface area contributed by atoms with E-state index < -0.39 is 4.92 Å². The summed E-state index contributed by atoms with van der Waals surface area (Å²) in [6, 6.07) is 0. The Morgan fingerprint density at radius 2 is 2.05 bits per heavy atom. The molecule has 0 aromatic carbocycles. The van der Waals surface area contributed by atoms with Gasteiger partial charge >= 0.3 is 5.69 Å². The maximum absolute atomic E-state index is 11.8. The highest BCUT2D eigenvalue weighted by molar-refractivity contribution is 5.82. The molecular weight excluding hydrogens is 274 g/mol. The number of carbonyl (C=O) groups is 1. The SMILES string of the molecule is CCCc1nn(C)c(NCC(=O)NC(C)(C)C)c1[N+](=O)[O-]. The summed E-state index contributed by atoms with van der Waals surface area (Å²) in [6.07, 6.45) is 1.29. The minimum Gasteiger partial charge on any atom is -0.355 e. The Labute approximate surface area is 124 Å². The predicted octanol–water partition coefficient (Wildman–Crippen LogP) is 1.61. The molecule has 0 fully saturated rings. The molecule has 21 heavy (non-hydrogen) atoms. The molecule has 0 bridgehead atoms. The van der Waals surface area contributed by atoms with Gasteiger partial charge in [-0.1, -0.05) is 13.3 Å². The van der Waals surface area contributed by atoms with Crippen molar-refractivity contribution < 1.29 is 9.72 Å². The summed E-state index contributed by atoms with van der Waals surface area (Å²) in [6.45, 7) is 7.51. The van der Waals surface area contributed by atoms with Crippen LogP contribution < -0.4 is 10.6 Å². The van der Waals surface area contributed by atoms with Gasteiger partial charge in [-0.25, -0.2) is 4.68 Å². The number of rotatable bonds is 6. The van der Waals surface area contributed by atoms with Crippen molar-refractivity contribution in [2.75, 3.05) is 11.9 Å². The van der Waals surface area contributed by atoms with Crippen LogP contribution in [0.25, 0.3) is 0 Å². The zero-order valence-corrected chi connectivity index (χ0v) is 13.2. The second kappa shape index (κ2) is 6.55. The lowest BCUT2D eigenvalue weighted by Crippen LogP contribution is -2.43. The maximum atomic E-state index is 11.8. The molecule has 0 spiro atoms. The van der Waals surface area contributed by atoms with Gasteiger partial charge in [0.05, 0.1) is 11.5 Å². The first kappa shape index (κ1) is 16.9. The van der Waals surface area contributed by atoms with Gasteiger partial charge in [-0.05, 0) is 27.2 Å². The van der Waals surface area contributed by atoms with E-state index in [-0.39, 0.29) is 29.5 Å². The molecule has 8 nitrogen and oxygen atoms in total. The van der Waals surface area contributed by atoms with Crippen molar-refractivity contribution >= 4 is 17.4 Å². The molecule has 8 heteroatoms. The minimum atomic E-state index is -0.456. The van der Waals surface area contributed by atoms with Crippen LogP contribution >= 0.6 is 0 Å². The third kappa shape index (κ3) is 4.73. The fourth-order valence-electron chi connectivity index (χ4n) is 1.99. The Balaban J connectivity index is 2.88. The first-order valence-electron chi connectivity index (χ1n) is 6.91. The van der Waals surface area contributed by atoms with Crippen molar-refractivity contribution in [2.24, 2.45) is 7.05 Å². The summed E-state index contributed by atoms with van der Waals surface area (Å²) in [4.78, 5) is 22.5. The van der Waals surface area contributed by atoms with Crippen LogP contribution in [-0.4, -0.2) is 32.7 Å². The largest absolute Gasteiger partial charge is 0.355 e. The Bertz CT molecular complexity index is 531. The number of aromatic nitrogens is 2. The summed E-state index contributed by atoms with van der Waals surface area (Å²) < 4.78 is 1.41. The van der Waals surface area contributed by atoms with Crippen LogP contribution in [0.2, 0.25) is 0 Å². The van der Waals surface area contributed by atoms with Gasteiger partial charge in [0.25, 0.3) is 0 Å². The number of hydrogen-bond acceptors (Lipinski definition) is 5. The Morgan fingerprint density at radius 3 is 2.52 bits per heavy atom. The molecule has 1 amide bonds. The fraction of sp³-hybridized carbons (Fsp3) is 0.692. The van der Waals surface area contributed by atoms with Crippen molar-refractivity contribution in [3.63, 3.8) is 0 Å². The van der Waals surface area contributed by atoms with Crippen LogP contribution in [-0.2, 0) is 18.3 Å². The van der Waals surface area contributed by atoms with Crippen LogP contribution in [0.15, 0.2) is 0 Å². The fourth-order valence-corrected chi connectivity index (χ4v) is 1.99. The normalized spacial score (nSPS) is 11.3. The van der Waals surface area contributed by atoms with Crippen LogP contribution in [0, 0.1) is 10.1 Å². The summed E-state index contributed by atoms with van der Waals surface area (Å²) in [5, 5.41) is 21.0. The van der Waals surface area contributed by atoms with Gasteiger partial charge in [-0.3, -0.25) is 14.9 Å². The predicted molar refractivity (Wildman–Crippen MR) is 80.2 cm³/mol. The Kier molecular flexibility index (Phi) is 5.28. The first-order valence-corrected chi connectivity index (χ1v) is 6.91. The Hall–Kier alpha value is -2.12. The van der Waals surface area contributed by atoms with E-state index >= 15 is 0 Å². The zero-order chi connectivity index (χ0) is 16.2. The van der Waals surface area contributed by atoms with E-state index in [1.807, 2.05) is 27.7 Å². The summed E-state index contributed by atoms with van der Waals surface area (Å²) >= 11 is 0. The number of anilines is 1. The molecule has 0 unspecified atom stereocenters. The quantitative estimate of drug-likeness (QED) is 0.613. The molecule has 0 saturated heterocycles. The summed E-state index contributed by atoms with van der Waals surface area (Å²) in [7, 11) is 1.62. The summed E-state index contributed by atoms with van der Waals surface area (Å²) in [5.41, 5.74) is 0.0384. The van der Waals surface area contributed by atoms with E-state index in [0.717, 1.165) is 6.42 Å². The van der Waals surface area contributed by atoms with Crippen LogP contribution in [0.3, 0.4) is 0 Å². The smallest absolute Gasteiger partial charge is 0.334 e. The average Bonchev–Trinajstić information content (AvgIpc) is 2.61. The number of aryl methyl sites for hydroxylation is 2. The van der Waals surface area contributed by atoms with E-state index in [0.29, 0.717) is 12.1 Å². The minimum absolute atomic E-state index is 0.0385. The molecule has 0 aliphatic carbocycles. The highest BCUT2D eigenvalue weighted by atomic mass is 16.6. The monoisotopic (exact) mass is 297 g/mol. The lowest BCUT2D eigenvalue weighted by atomic mass is 10.1. The summed E-state index contributed by atoms with van der Waals surface area (Å²) in [5.74, 6) is 0.0301. The van der Waals surface area contributed by atoms with E-state index in [9.17, 15) is 14.9 Å². The van der Waals surface area contributed by atoms with Gasteiger partial charge < -0.3 is 10.6 Å². The molecular formula is C13H23N5O3. The molecule has 0 atom stereocenters. The van der Waals surface area contributed by atoms with Gasteiger partial charge in [-0.15, -0.1) is 0 Å². The van der Waals surface area contributed by atoms with Crippen molar-refractivity contribution in [1.29, 1.82) is 0 Å². The number of hydrogen-bond donors (Lipinski definition) is 2. The van der Waals surface area contributed by atoms with Crippen molar-refractivity contribution in [3.8, 4) is 0 Å². The van der Waals surface area contributed by atoms with Gasteiger partial charge in [0.2, 0.25) is 11.7 Å². The average molecular weight is 297 g/mol. The standard InChI is InChI=1S/C13H23N5O3/c1-6-7-9-11(18(20)21)12(17(5)16-9)14-8-10(19)15-13(2,3)4/h14H,6-8H2,1-5H3,(H,15,19). The lowest BCUT2D eigenvalue weighted by Gasteiger charge is -2.20. The highest BCUT2D eigenvalue weighted by Crippen LogP contribution is 2.28. The van der Waals surface area contributed by atoms with Crippen molar-refractivity contribution in [2.45, 2.75) is 46.1 Å². The maximum Gasteiger partial charge on any atom is 0.334 e. The molecule has 0 aliphatic rings. The van der Waals surface area contributed by atoms with E-state index in [1.165, 1.54) is 4.68 Å². The number of amides is 1. The second-order valence-corrected chi connectivity index (χ2v) is 5.93. The number of nitrogens with one attached hydrogen (secondary N) is 2. The van der Waals surface area contributed by atoms with Crippen molar-refractivity contribution in [3.05, 3.63) is 15.8 Å². The van der Waals surface area contributed by atoms with Gasteiger partial charge in [0.1, 0.15) is 5.69 Å². The number of carbonyl (C=O) groups excluding carboxylic acids is 1. The van der Waals surface area contributed by atoms with Crippen LogP contribution in [0.1, 0.15) is 39.8 Å². The number of nitro groups is 1. The van der Waals surface area contributed by atoms with E-state index in [1.54, 1.807) is 7.05 Å². The molecule has 1 rings (SSSR count). The zero-order valence-electron chi connectivity index (χ0n) is 13.2. The molecule has 0 saturated carbocycles. The Morgan fingerprint density at radius 1 is 1.43 bits per heavy atom. The van der Waals surface area contributed by atoms with E-state index in [4.69, 9.17) is 0 Å². The molecule has 118 valence electrons. The van der Waals surface area contributed by atoms with E-state index in [2.05, 4.69) is 15.7 Å². The van der Waals surface area contributed by atoms with Gasteiger partial charge in [0.15, 0.2) is 0 Å². The van der Waals surface area contributed by atoms with Crippen LogP contribution in [0.4, 0.5) is 11.5 Å². The molecule has 0 aliphatic heterocycles. The molecule has 2 N–H and O–H groups in total. The van der Waals surface area contributed by atoms with Gasteiger partial charge in [0, 0.05) is 12.6 Å². The topological polar surface area (TPSA) is 102 Å². The molecule has 1 aromatic rings. The molecule has 0 radical (unpaired) electrons.